The fourth-order valence-corrected chi connectivity index (χ4v) is 3.59. The molecule has 2 aromatic carbocycles. The van der Waals surface area contributed by atoms with Gasteiger partial charge in [-0.2, -0.15) is 0 Å². The second kappa shape index (κ2) is 8.13. The summed E-state index contributed by atoms with van der Waals surface area (Å²) in [6.45, 7) is 0. The summed E-state index contributed by atoms with van der Waals surface area (Å²) >= 11 is 5.84. The Kier molecular flexibility index (Phi) is 5.49. The van der Waals surface area contributed by atoms with Crippen molar-refractivity contribution in [1.82, 2.24) is 9.55 Å². The summed E-state index contributed by atoms with van der Waals surface area (Å²) in [7, 11) is 0. The number of fused-ring (bicyclic) bond motifs is 1. The van der Waals surface area contributed by atoms with E-state index in [0.717, 1.165) is 12.3 Å². The van der Waals surface area contributed by atoms with E-state index in [1.807, 2.05) is 0 Å². The number of rotatable bonds is 3. The Morgan fingerprint density at radius 2 is 1.78 bits per heavy atom. The molecule has 1 unspecified atom stereocenters. The lowest BCUT2D eigenvalue weighted by Crippen LogP contribution is -2.31. The number of pyridine rings is 2. The van der Waals surface area contributed by atoms with Crippen LogP contribution in [0.4, 0.5) is 17.6 Å². The van der Waals surface area contributed by atoms with Gasteiger partial charge in [-0.15, -0.1) is 19.6 Å². The van der Waals surface area contributed by atoms with Gasteiger partial charge >= 0.3 is 6.30 Å². The van der Waals surface area contributed by atoms with Crippen LogP contribution in [0, 0.1) is 12.3 Å². The van der Waals surface area contributed by atoms with Crippen molar-refractivity contribution in [2.45, 2.75) is 12.5 Å². The van der Waals surface area contributed by atoms with Gasteiger partial charge in [0, 0.05) is 22.0 Å². The number of halogens is 5. The minimum atomic E-state index is -4.98. The maximum absolute atomic E-state index is 15.2. The first-order chi connectivity index (χ1) is 15.2. The van der Waals surface area contributed by atoms with Gasteiger partial charge in [0.05, 0.1) is 17.4 Å². The molecule has 0 amide bonds. The number of benzene rings is 2. The number of terminal acetylenes is 1. The Bertz CT molecular complexity index is 1420. The number of nitrogens with zero attached hydrogens (tertiary/aromatic N) is 2. The summed E-state index contributed by atoms with van der Waals surface area (Å²) < 4.78 is 55.7. The molecule has 0 aliphatic heterocycles. The van der Waals surface area contributed by atoms with E-state index in [4.69, 9.17) is 18.0 Å². The molecule has 1 atom stereocenters. The predicted octanol–water partition coefficient (Wildman–Crippen LogP) is 6.23. The lowest BCUT2D eigenvalue weighted by atomic mass is 9.98. The van der Waals surface area contributed by atoms with Crippen molar-refractivity contribution in [3.63, 3.8) is 0 Å². The van der Waals surface area contributed by atoms with Crippen molar-refractivity contribution in [1.29, 1.82) is 0 Å². The molecule has 0 spiro atoms. The van der Waals surface area contributed by atoms with Crippen molar-refractivity contribution >= 4 is 22.5 Å². The molecule has 0 fully saturated rings. The summed E-state index contributed by atoms with van der Waals surface area (Å²) in [6, 6.07) is 14.5. The molecule has 0 aliphatic rings. The van der Waals surface area contributed by atoms with Gasteiger partial charge in [-0.1, -0.05) is 41.8 Å². The van der Waals surface area contributed by atoms with E-state index in [9.17, 15) is 18.0 Å². The van der Waals surface area contributed by atoms with Gasteiger partial charge in [0.15, 0.2) is 6.17 Å². The van der Waals surface area contributed by atoms with E-state index in [-0.39, 0.29) is 26.8 Å². The van der Waals surface area contributed by atoms with Crippen LogP contribution in [0.15, 0.2) is 71.7 Å². The molecule has 4 rings (SSSR count). The van der Waals surface area contributed by atoms with Crippen LogP contribution in [-0.4, -0.2) is 9.55 Å². The van der Waals surface area contributed by atoms with Gasteiger partial charge in [0.25, 0.3) is 5.56 Å². The van der Waals surface area contributed by atoms with Crippen LogP contribution < -0.4 is 5.56 Å². The van der Waals surface area contributed by atoms with Gasteiger partial charge in [-0.3, -0.25) is 9.78 Å². The third-order valence-electron chi connectivity index (χ3n) is 4.94. The number of alkyl halides is 4. The first-order valence-electron chi connectivity index (χ1n) is 9.28. The molecule has 3 nitrogen and oxygen atoms in total. The molecule has 160 valence electrons. The smallest absolute Gasteiger partial charge is 0.269 e. The molecule has 0 bridgehead atoms. The quantitative estimate of drug-likeness (QED) is 0.270. The molecule has 0 saturated heterocycles. The zero-order chi connectivity index (χ0) is 23.0. The topological polar surface area (TPSA) is 34.9 Å². The summed E-state index contributed by atoms with van der Waals surface area (Å²) in [6.07, 6.45) is -0.415. The summed E-state index contributed by atoms with van der Waals surface area (Å²) in [5.74, 6) is 2.44. The zero-order valence-corrected chi connectivity index (χ0v) is 17.0. The molecule has 0 aliphatic carbocycles. The lowest BCUT2D eigenvalue weighted by molar-refractivity contribution is -0.202. The molecule has 0 radical (unpaired) electrons. The van der Waals surface area contributed by atoms with Crippen molar-refractivity contribution in [3.8, 4) is 23.5 Å². The summed E-state index contributed by atoms with van der Waals surface area (Å²) in [4.78, 5) is 16.3. The molecule has 0 saturated carbocycles. The van der Waals surface area contributed by atoms with Crippen molar-refractivity contribution in [2.24, 2.45) is 0 Å². The lowest BCUT2D eigenvalue weighted by Gasteiger charge is -2.17. The third kappa shape index (κ3) is 3.97. The Hall–Kier alpha value is -3.63. The minimum Gasteiger partial charge on any atom is -0.269 e. The van der Waals surface area contributed by atoms with Crippen LogP contribution >= 0.6 is 11.6 Å². The highest BCUT2D eigenvalue weighted by Crippen LogP contribution is 2.34. The van der Waals surface area contributed by atoms with Crippen LogP contribution in [0.25, 0.3) is 22.0 Å². The standard InChI is InChI=1S/C24H13ClF4N2O/c1-2-14-4-3-5-16(10-14)18-12-22(32)31(24(27,28)29)21-13-30-20(11-19(18)21)23(26)15-6-8-17(25)9-7-15/h1,3-13,23H. The summed E-state index contributed by atoms with van der Waals surface area (Å²) in [5.41, 5.74) is -0.545. The SMILES string of the molecule is C#Cc1cccc(-c2cc(=O)n(C(F)(F)F)c3cnc(C(F)c4ccc(Cl)cc4)cc23)c1. The van der Waals surface area contributed by atoms with E-state index >= 15 is 4.39 Å². The summed E-state index contributed by atoms with van der Waals surface area (Å²) in [5, 5.41) is 0.426. The van der Waals surface area contributed by atoms with Crippen molar-refractivity contribution in [2.75, 3.05) is 0 Å². The monoisotopic (exact) mass is 456 g/mol. The molecule has 8 heteroatoms. The Balaban J connectivity index is 2.00. The van der Waals surface area contributed by atoms with Gasteiger partial charge < -0.3 is 0 Å². The predicted molar refractivity (Wildman–Crippen MR) is 115 cm³/mol. The van der Waals surface area contributed by atoms with E-state index in [1.54, 1.807) is 24.3 Å². The average molecular weight is 457 g/mol. The van der Waals surface area contributed by atoms with E-state index in [0.29, 0.717) is 16.1 Å². The molecule has 2 aromatic heterocycles. The highest BCUT2D eigenvalue weighted by Gasteiger charge is 2.34. The molecule has 0 N–H and O–H groups in total. The van der Waals surface area contributed by atoms with Crippen LogP contribution in [0.1, 0.15) is 23.0 Å². The highest BCUT2D eigenvalue weighted by atomic mass is 35.5. The number of hydrogen-bond acceptors (Lipinski definition) is 2. The van der Waals surface area contributed by atoms with Crippen LogP contribution in [-0.2, 0) is 6.30 Å². The normalized spacial score (nSPS) is 12.5. The zero-order valence-electron chi connectivity index (χ0n) is 16.2. The Morgan fingerprint density at radius 3 is 2.44 bits per heavy atom. The maximum atomic E-state index is 15.2. The van der Waals surface area contributed by atoms with Crippen molar-refractivity contribution in [3.05, 3.63) is 99.1 Å². The first-order valence-corrected chi connectivity index (χ1v) is 9.66. The number of aromatic nitrogens is 2. The fourth-order valence-electron chi connectivity index (χ4n) is 3.46. The largest absolute Gasteiger partial charge is 0.491 e. The molecular formula is C24H13ClF4N2O. The van der Waals surface area contributed by atoms with Crippen LogP contribution in [0.5, 0.6) is 0 Å². The average Bonchev–Trinajstić information content (AvgIpc) is 2.77. The van der Waals surface area contributed by atoms with Gasteiger partial charge in [-0.05, 0) is 47.0 Å². The molecular weight excluding hydrogens is 444 g/mol. The molecule has 2 heterocycles. The molecule has 32 heavy (non-hydrogen) atoms. The number of hydrogen-bond donors (Lipinski definition) is 0. The van der Waals surface area contributed by atoms with Crippen LogP contribution in [0.3, 0.4) is 0 Å². The minimum absolute atomic E-state index is 0.0118. The Labute approximate surface area is 184 Å². The fraction of sp³-hybridized carbons (Fsp3) is 0.0833. The van der Waals surface area contributed by atoms with E-state index in [1.165, 1.54) is 30.3 Å². The van der Waals surface area contributed by atoms with E-state index < -0.39 is 23.5 Å². The van der Waals surface area contributed by atoms with Gasteiger partial charge in [0.1, 0.15) is 0 Å². The second-order valence-corrected chi connectivity index (χ2v) is 7.40. The Morgan fingerprint density at radius 1 is 1.06 bits per heavy atom. The van der Waals surface area contributed by atoms with Gasteiger partial charge in [0.2, 0.25) is 0 Å². The van der Waals surface area contributed by atoms with Crippen molar-refractivity contribution < 1.29 is 17.6 Å². The second-order valence-electron chi connectivity index (χ2n) is 6.97. The van der Waals surface area contributed by atoms with Crippen LogP contribution in [0.2, 0.25) is 5.02 Å². The first kappa shape index (κ1) is 21.6. The maximum Gasteiger partial charge on any atom is 0.491 e. The third-order valence-corrected chi connectivity index (χ3v) is 5.19. The van der Waals surface area contributed by atoms with E-state index in [2.05, 4.69) is 10.9 Å². The van der Waals surface area contributed by atoms with Gasteiger partial charge in [-0.25, -0.2) is 8.96 Å². The highest BCUT2D eigenvalue weighted by molar-refractivity contribution is 6.30. The molecule has 4 aromatic rings.